The lowest BCUT2D eigenvalue weighted by Gasteiger charge is -2.10. The second-order valence-corrected chi connectivity index (χ2v) is 3.85. The maximum Gasteiger partial charge on any atom is 0.341 e. The molecule has 6 heteroatoms. The minimum Gasteiger partial charge on any atom is -0.462 e. The van der Waals surface area contributed by atoms with Crippen molar-refractivity contribution in [1.29, 1.82) is 0 Å². The number of halogens is 2. The number of carbonyl (C=O) groups is 1. The summed E-state index contributed by atoms with van der Waals surface area (Å²) < 4.78 is 31.6. The van der Waals surface area contributed by atoms with Crippen LogP contribution in [0.1, 0.15) is 17.3 Å². The van der Waals surface area contributed by atoms with Crippen molar-refractivity contribution in [2.24, 2.45) is 0 Å². The van der Waals surface area contributed by atoms with E-state index < -0.39 is 17.6 Å². The summed E-state index contributed by atoms with van der Waals surface area (Å²) in [5, 5.41) is 2.59. The Bertz CT molecular complexity index is 632. The maximum atomic E-state index is 13.6. The third-order valence-corrected chi connectivity index (χ3v) is 2.51. The van der Waals surface area contributed by atoms with E-state index in [1.807, 2.05) is 0 Å². The van der Waals surface area contributed by atoms with Gasteiger partial charge in [0.1, 0.15) is 11.4 Å². The molecular weight excluding hydrogens is 266 g/mol. The van der Waals surface area contributed by atoms with Gasteiger partial charge in [-0.2, -0.15) is 0 Å². The molecule has 0 saturated heterocycles. The largest absolute Gasteiger partial charge is 0.462 e. The van der Waals surface area contributed by atoms with E-state index in [0.29, 0.717) is 0 Å². The molecule has 0 amide bonds. The number of nitrogens with zero attached hydrogens (tertiary/aromatic N) is 1. The van der Waals surface area contributed by atoms with Gasteiger partial charge in [-0.05, 0) is 31.2 Å². The van der Waals surface area contributed by atoms with Crippen LogP contribution >= 0.6 is 0 Å². The van der Waals surface area contributed by atoms with E-state index in [4.69, 9.17) is 4.74 Å². The van der Waals surface area contributed by atoms with E-state index in [1.165, 1.54) is 24.4 Å². The molecule has 0 fully saturated rings. The number of esters is 1. The lowest BCUT2D eigenvalue weighted by Crippen LogP contribution is -2.09. The van der Waals surface area contributed by atoms with Crippen molar-refractivity contribution < 1.29 is 18.3 Å². The third-order valence-electron chi connectivity index (χ3n) is 2.51. The van der Waals surface area contributed by atoms with Gasteiger partial charge in [-0.3, -0.25) is 0 Å². The van der Waals surface area contributed by atoms with E-state index >= 15 is 0 Å². The molecule has 0 spiro atoms. The standard InChI is InChI=1S/C14H12F2N2O2/c1-2-20-14(19)9-5-4-8-17-13(9)18-11-7-3-6-10(15)12(11)16/h3-8H,2H2,1H3,(H,17,18). The van der Waals surface area contributed by atoms with E-state index in [0.717, 1.165) is 6.07 Å². The average Bonchev–Trinajstić information content (AvgIpc) is 2.45. The highest BCUT2D eigenvalue weighted by molar-refractivity contribution is 5.95. The van der Waals surface area contributed by atoms with Gasteiger partial charge in [-0.15, -0.1) is 0 Å². The highest BCUT2D eigenvalue weighted by atomic mass is 19.2. The topological polar surface area (TPSA) is 51.2 Å². The Balaban J connectivity index is 2.34. The molecule has 104 valence electrons. The van der Waals surface area contributed by atoms with Crippen LogP contribution in [0.2, 0.25) is 0 Å². The van der Waals surface area contributed by atoms with Gasteiger partial charge in [-0.25, -0.2) is 18.6 Å². The molecule has 2 aromatic rings. The first kappa shape index (κ1) is 13.9. The van der Waals surface area contributed by atoms with Gasteiger partial charge < -0.3 is 10.1 Å². The third kappa shape index (κ3) is 2.90. The van der Waals surface area contributed by atoms with Crippen LogP contribution in [-0.2, 0) is 4.74 Å². The fraction of sp³-hybridized carbons (Fsp3) is 0.143. The first-order valence-electron chi connectivity index (χ1n) is 5.96. The quantitative estimate of drug-likeness (QED) is 0.872. The zero-order valence-electron chi connectivity index (χ0n) is 10.7. The monoisotopic (exact) mass is 278 g/mol. The highest BCUT2D eigenvalue weighted by Crippen LogP contribution is 2.23. The van der Waals surface area contributed by atoms with Crippen LogP contribution in [0.5, 0.6) is 0 Å². The van der Waals surface area contributed by atoms with E-state index in [2.05, 4.69) is 10.3 Å². The Kier molecular flexibility index (Phi) is 4.24. The second-order valence-electron chi connectivity index (χ2n) is 3.85. The van der Waals surface area contributed by atoms with Crippen molar-refractivity contribution in [2.45, 2.75) is 6.92 Å². The van der Waals surface area contributed by atoms with Crippen LogP contribution in [0.25, 0.3) is 0 Å². The zero-order valence-corrected chi connectivity index (χ0v) is 10.7. The van der Waals surface area contributed by atoms with Gasteiger partial charge in [0.25, 0.3) is 0 Å². The van der Waals surface area contributed by atoms with Crippen LogP contribution in [0.3, 0.4) is 0 Å². The number of carbonyl (C=O) groups excluding carboxylic acids is 1. The van der Waals surface area contributed by atoms with Gasteiger partial charge in [-0.1, -0.05) is 6.07 Å². The summed E-state index contributed by atoms with van der Waals surface area (Å²) in [6, 6.07) is 6.75. The molecule has 0 aliphatic heterocycles. The van der Waals surface area contributed by atoms with E-state index in [-0.39, 0.29) is 23.7 Å². The minimum atomic E-state index is -1.03. The lowest BCUT2D eigenvalue weighted by molar-refractivity contribution is 0.0527. The first-order chi connectivity index (χ1) is 9.63. The average molecular weight is 278 g/mol. The number of nitrogens with one attached hydrogen (secondary N) is 1. The van der Waals surface area contributed by atoms with Crippen LogP contribution in [-0.4, -0.2) is 17.6 Å². The normalized spacial score (nSPS) is 10.2. The van der Waals surface area contributed by atoms with Crippen molar-refractivity contribution in [3.8, 4) is 0 Å². The molecule has 0 radical (unpaired) electrons. The molecule has 1 heterocycles. The molecule has 20 heavy (non-hydrogen) atoms. The van der Waals surface area contributed by atoms with Gasteiger partial charge >= 0.3 is 5.97 Å². The molecule has 1 aromatic carbocycles. The number of rotatable bonds is 4. The lowest BCUT2D eigenvalue weighted by atomic mass is 10.2. The van der Waals surface area contributed by atoms with Crippen LogP contribution < -0.4 is 5.32 Å². The molecule has 0 unspecified atom stereocenters. The Morgan fingerprint density at radius 1 is 1.30 bits per heavy atom. The highest BCUT2D eigenvalue weighted by Gasteiger charge is 2.15. The number of hydrogen-bond acceptors (Lipinski definition) is 4. The minimum absolute atomic E-state index is 0.103. The number of pyridine rings is 1. The fourth-order valence-electron chi connectivity index (χ4n) is 1.61. The van der Waals surface area contributed by atoms with Gasteiger partial charge in [0.2, 0.25) is 0 Å². The summed E-state index contributed by atoms with van der Waals surface area (Å²) in [6.07, 6.45) is 1.43. The molecular formula is C14H12F2N2O2. The van der Waals surface area contributed by atoms with Gasteiger partial charge in [0.15, 0.2) is 11.6 Å². The van der Waals surface area contributed by atoms with Crippen LogP contribution in [0.4, 0.5) is 20.3 Å². The van der Waals surface area contributed by atoms with Crippen molar-refractivity contribution in [1.82, 2.24) is 4.98 Å². The Hall–Kier alpha value is -2.50. The SMILES string of the molecule is CCOC(=O)c1cccnc1Nc1cccc(F)c1F. The molecule has 1 aromatic heterocycles. The molecule has 4 nitrogen and oxygen atoms in total. The summed E-state index contributed by atoms with van der Waals surface area (Å²) in [5.74, 6) is -2.49. The number of hydrogen-bond donors (Lipinski definition) is 1. The summed E-state index contributed by atoms with van der Waals surface area (Å²) >= 11 is 0. The summed E-state index contributed by atoms with van der Waals surface area (Å²) in [7, 11) is 0. The predicted octanol–water partition coefficient (Wildman–Crippen LogP) is 3.28. The molecule has 0 aliphatic rings. The number of ether oxygens (including phenoxy) is 1. The summed E-state index contributed by atoms with van der Waals surface area (Å²) in [5.41, 5.74) is 0.0484. The van der Waals surface area contributed by atoms with Crippen LogP contribution in [0, 0.1) is 11.6 Å². The van der Waals surface area contributed by atoms with Crippen LogP contribution in [0.15, 0.2) is 36.5 Å². The molecule has 0 saturated carbocycles. The van der Waals surface area contributed by atoms with Gasteiger partial charge in [0.05, 0.1) is 12.3 Å². The molecule has 2 rings (SSSR count). The van der Waals surface area contributed by atoms with Gasteiger partial charge in [0, 0.05) is 6.20 Å². The van der Waals surface area contributed by atoms with Crippen molar-refractivity contribution >= 4 is 17.5 Å². The molecule has 0 atom stereocenters. The Labute approximate surface area is 114 Å². The smallest absolute Gasteiger partial charge is 0.341 e. The number of benzene rings is 1. The van der Waals surface area contributed by atoms with E-state index in [9.17, 15) is 13.6 Å². The number of anilines is 2. The van der Waals surface area contributed by atoms with Crippen molar-refractivity contribution in [2.75, 3.05) is 11.9 Å². The van der Waals surface area contributed by atoms with E-state index in [1.54, 1.807) is 13.0 Å². The summed E-state index contributed by atoms with van der Waals surface area (Å²) in [6.45, 7) is 1.88. The molecule has 0 aliphatic carbocycles. The fourth-order valence-corrected chi connectivity index (χ4v) is 1.61. The van der Waals surface area contributed by atoms with Crippen molar-refractivity contribution in [3.63, 3.8) is 0 Å². The maximum absolute atomic E-state index is 13.6. The predicted molar refractivity (Wildman–Crippen MR) is 69.8 cm³/mol. The molecule has 0 bridgehead atoms. The first-order valence-corrected chi connectivity index (χ1v) is 5.96. The Morgan fingerprint density at radius 3 is 2.85 bits per heavy atom. The zero-order chi connectivity index (χ0) is 14.5. The number of aromatic nitrogens is 1. The Morgan fingerprint density at radius 2 is 2.10 bits per heavy atom. The van der Waals surface area contributed by atoms with Crippen molar-refractivity contribution in [3.05, 3.63) is 53.7 Å². The summed E-state index contributed by atoms with van der Waals surface area (Å²) in [4.78, 5) is 15.7. The molecule has 1 N–H and O–H groups in total. The second kappa shape index (κ2) is 6.10.